The van der Waals surface area contributed by atoms with Crippen molar-refractivity contribution in [2.75, 3.05) is 6.54 Å². The maximum Gasteiger partial charge on any atom is 0.342 e. The van der Waals surface area contributed by atoms with Crippen LogP contribution >= 0.6 is 23.6 Å². The van der Waals surface area contributed by atoms with Gasteiger partial charge in [-0.1, -0.05) is 48.1 Å². The summed E-state index contributed by atoms with van der Waals surface area (Å²) in [5.74, 6) is -1.18. The van der Waals surface area contributed by atoms with Crippen molar-refractivity contribution in [3.63, 3.8) is 0 Å². The molecule has 164 valence electrons. The number of nitro groups is 1. The molecule has 0 radical (unpaired) electrons. The summed E-state index contributed by atoms with van der Waals surface area (Å²) < 4.78 is 0. The number of benzene rings is 2. The number of carbonyl (C=O) groups is 1. The van der Waals surface area contributed by atoms with Crippen molar-refractivity contribution in [1.82, 2.24) is 0 Å². The summed E-state index contributed by atoms with van der Waals surface area (Å²) >= 11 is 6.80. The van der Waals surface area contributed by atoms with Gasteiger partial charge in [0.25, 0.3) is 5.69 Å². The minimum atomic E-state index is -1.35. The van der Waals surface area contributed by atoms with Crippen molar-refractivity contribution in [2.24, 2.45) is 4.99 Å². The minimum absolute atomic E-state index is 0.172. The summed E-state index contributed by atoms with van der Waals surface area (Å²) in [4.78, 5) is 27.3. The molecule has 0 saturated carbocycles. The number of carboxylic acid groups (broad SMARTS) is 1. The summed E-state index contributed by atoms with van der Waals surface area (Å²) in [5, 5.41) is 32.7. The number of aryl methyl sites for hydroxylation is 1. The van der Waals surface area contributed by atoms with Crippen LogP contribution in [0.3, 0.4) is 0 Å². The van der Waals surface area contributed by atoms with E-state index in [0.29, 0.717) is 21.7 Å². The molecule has 7 nitrogen and oxygen atoms in total. The molecule has 0 bridgehead atoms. The largest absolute Gasteiger partial charge is 0.506 e. The summed E-state index contributed by atoms with van der Waals surface area (Å²) in [6.45, 7) is 3.99. The fourth-order valence-electron chi connectivity index (χ4n) is 3.11. The number of thiophene rings is 1. The Balaban J connectivity index is 1.72. The molecule has 9 heteroatoms. The summed E-state index contributed by atoms with van der Waals surface area (Å²) in [7, 11) is 0. The van der Waals surface area contributed by atoms with E-state index < -0.39 is 16.6 Å². The Bertz CT molecular complexity index is 1230. The van der Waals surface area contributed by atoms with Crippen molar-refractivity contribution in [1.29, 1.82) is 0 Å². The van der Waals surface area contributed by atoms with Crippen LogP contribution in [0, 0.1) is 17.0 Å². The lowest BCUT2D eigenvalue weighted by atomic mass is 10.0. The summed E-state index contributed by atoms with van der Waals surface area (Å²) in [5.41, 5.74) is 3.04. The number of carboxylic acids is 1. The van der Waals surface area contributed by atoms with Crippen LogP contribution in [-0.2, 0) is 6.42 Å². The van der Waals surface area contributed by atoms with Gasteiger partial charge >= 0.3 is 5.97 Å². The number of thiocarbonyl (C=S) groups is 1. The quantitative estimate of drug-likeness (QED) is 0.196. The number of rotatable bonds is 8. The lowest BCUT2D eigenvalue weighted by Gasteiger charge is -2.05. The molecule has 0 fully saturated rings. The van der Waals surface area contributed by atoms with Gasteiger partial charge in [-0.25, -0.2) is 4.79 Å². The molecule has 3 aromatic rings. The monoisotopic (exact) mass is 468 g/mol. The zero-order valence-corrected chi connectivity index (χ0v) is 19.0. The Hall–Kier alpha value is -3.43. The first kappa shape index (κ1) is 23.2. The molecule has 0 atom stereocenters. The lowest BCUT2D eigenvalue weighted by molar-refractivity contribution is -0.385. The van der Waals surface area contributed by atoms with E-state index in [1.54, 1.807) is 6.92 Å². The molecule has 1 aromatic heterocycles. The average Bonchev–Trinajstić information content (AvgIpc) is 3.13. The standard InChI is InChI=1S/C23H20N2O5S2/c1-13-3-6-16(7-4-13)22-21(26)19(12-32-22)14(2)24-11-17(31)9-15-5-8-18(23(27)28)20(10-15)25(29)30/h3-8,10,12,26H,9,11H2,1-2H3,(H,27,28). The number of hydrogen-bond acceptors (Lipinski definition) is 7. The van der Waals surface area contributed by atoms with Crippen molar-refractivity contribution in [3.8, 4) is 16.2 Å². The number of nitrogens with zero attached hydrogens (tertiary/aromatic N) is 2. The first-order valence-corrected chi connectivity index (χ1v) is 10.9. The SMILES string of the molecule is CC(=NCC(=S)Cc1ccc(C(=O)O)c([N+](=O)[O-])c1)c1csc(-c2ccc(C)cc2)c1O. The van der Waals surface area contributed by atoms with Crippen LogP contribution in [0.25, 0.3) is 10.4 Å². The molecule has 2 aromatic carbocycles. The second kappa shape index (κ2) is 9.80. The Morgan fingerprint density at radius 1 is 1.19 bits per heavy atom. The highest BCUT2D eigenvalue weighted by Crippen LogP contribution is 2.38. The zero-order valence-electron chi connectivity index (χ0n) is 17.4. The number of aliphatic imine (C=N–C) groups is 1. The van der Waals surface area contributed by atoms with Crippen molar-refractivity contribution in [3.05, 3.63) is 80.2 Å². The third kappa shape index (κ3) is 5.24. The third-order valence-corrected chi connectivity index (χ3v) is 6.14. The van der Waals surface area contributed by atoms with E-state index in [2.05, 4.69) is 4.99 Å². The van der Waals surface area contributed by atoms with Crippen LogP contribution in [0.4, 0.5) is 5.69 Å². The smallest absolute Gasteiger partial charge is 0.342 e. The van der Waals surface area contributed by atoms with Gasteiger partial charge in [0.15, 0.2) is 0 Å². The normalized spacial score (nSPS) is 11.4. The predicted molar refractivity (Wildman–Crippen MR) is 130 cm³/mol. The number of aromatic carboxylic acids is 1. The topological polar surface area (TPSA) is 113 Å². The van der Waals surface area contributed by atoms with Gasteiger partial charge < -0.3 is 10.2 Å². The molecule has 0 amide bonds. The maximum atomic E-state index is 11.2. The molecule has 0 saturated heterocycles. The van der Waals surface area contributed by atoms with E-state index in [-0.39, 0.29) is 24.3 Å². The molecule has 32 heavy (non-hydrogen) atoms. The lowest BCUT2D eigenvalue weighted by Crippen LogP contribution is -2.08. The summed E-state index contributed by atoms with van der Waals surface area (Å²) in [6, 6.07) is 11.8. The Kier molecular flexibility index (Phi) is 7.12. The molecule has 2 N–H and O–H groups in total. The highest BCUT2D eigenvalue weighted by Gasteiger charge is 2.20. The molecule has 0 aliphatic rings. The molecule has 0 spiro atoms. The molecular weight excluding hydrogens is 448 g/mol. The average molecular weight is 469 g/mol. The molecule has 0 aliphatic carbocycles. The number of hydrogen-bond donors (Lipinski definition) is 2. The Morgan fingerprint density at radius 3 is 2.50 bits per heavy atom. The van der Waals surface area contributed by atoms with E-state index in [4.69, 9.17) is 17.3 Å². The fourth-order valence-corrected chi connectivity index (χ4v) is 4.36. The number of nitro benzene ring substituents is 1. The fraction of sp³-hybridized carbons (Fsp3) is 0.174. The van der Waals surface area contributed by atoms with Gasteiger partial charge in [0, 0.05) is 34.0 Å². The molecule has 0 unspecified atom stereocenters. The first-order valence-electron chi connectivity index (χ1n) is 9.58. The molecular formula is C23H20N2O5S2. The van der Waals surface area contributed by atoms with Crippen molar-refractivity contribution < 1.29 is 19.9 Å². The zero-order chi connectivity index (χ0) is 23.4. The van der Waals surface area contributed by atoms with Crippen LogP contribution in [0.2, 0.25) is 0 Å². The van der Waals surface area contributed by atoms with E-state index >= 15 is 0 Å². The van der Waals surface area contributed by atoms with Gasteiger partial charge in [-0.3, -0.25) is 15.1 Å². The highest BCUT2D eigenvalue weighted by molar-refractivity contribution is 7.80. The van der Waals surface area contributed by atoms with E-state index in [1.165, 1.54) is 29.5 Å². The first-order chi connectivity index (χ1) is 15.2. The van der Waals surface area contributed by atoms with E-state index in [9.17, 15) is 20.0 Å². The highest BCUT2D eigenvalue weighted by atomic mass is 32.1. The van der Waals surface area contributed by atoms with Gasteiger partial charge in [-0.2, -0.15) is 0 Å². The third-order valence-electron chi connectivity index (χ3n) is 4.85. The summed E-state index contributed by atoms with van der Waals surface area (Å²) in [6.07, 6.45) is 0.247. The van der Waals surface area contributed by atoms with Gasteiger partial charge in [-0.15, -0.1) is 11.3 Å². The molecule has 1 heterocycles. The predicted octanol–water partition coefficient (Wildman–Crippen LogP) is 5.46. The van der Waals surface area contributed by atoms with Gasteiger partial charge in [0.2, 0.25) is 0 Å². The Labute approximate surface area is 193 Å². The maximum absolute atomic E-state index is 11.2. The number of aromatic hydroxyl groups is 1. The van der Waals surface area contributed by atoms with Gasteiger partial charge in [0.1, 0.15) is 11.3 Å². The van der Waals surface area contributed by atoms with Crippen LogP contribution in [-0.4, -0.2) is 38.2 Å². The van der Waals surface area contributed by atoms with Crippen molar-refractivity contribution >= 4 is 45.8 Å². The molecule has 3 rings (SSSR count). The second-order valence-corrected chi connectivity index (χ2v) is 8.68. The van der Waals surface area contributed by atoms with Crippen LogP contribution in [0.1, 0.15) is 34.0 Å². The minimum Gasteiger partial charge on any atom is -0.506 e. The molecule has 0 aliphatic heterocycles. The van der Waals surface area contributed by atoms with Crippen LogP contribution in [0.5, 0.6) is 5.75 Å². The van der Waals surface area contributed by atoms with Crippen LogP contribution < -0.4 is 0 Å². The second-order valence-electron chi connectivity index (χ2n) is 7.22. The Morgan fingerprint density at radius 2 is 1.88 bits per heavy atom. The van der Waals surface area contributed by atoms with Crippen molar-refractivity contribution in [2.45, 2.75) is 20.3 Å². The van der Waals surface area contributed by atoms with Gasteiger partial charge in [-0.05, 0) is 31.0 Å². The van der Waals surface area contributed by atoms with Gasteiger partial charge in [0.05, 0.1) is 16.3 Å². The van der Waals surface area contributed by atoms with E-state index in [1.807, 2.05) is 36.6 Å². The van der Waals surface area contributed by atoms with Crippen LogP contribution in [0.15, 0.2) is 52.8 Å². The van der Waals surface area contributed by atoms with E-state index in [0.717, 1.165) is 16.0 Å².